The Kier molecular flexibility index (Phi) is 2.19. The number of aliphatic imine (C=N–C) groups is 1. The molecule has 0 saturated heterocycles. The number of nitrogens with zero attached hydrogens (tertiary/aromatic N) is 1. The Hall–Kier alpha value is -1.84. The lowest BCUT2D eigenvalue weighted by Crippen LogP contribution is -2.40. The molecule has 1 aromatic carbocycles. The number of hydrogen-bond donors (Lipinski definition) is 1. The molecule has 0 bridgehead atoms. The molecular weight excluding hydrogens is 192 g/mol. The van der Waals surface area contributed by atoms with Crippen LogP contribution in [0.15, 0.2) is 35.3 Å². The number of ether oxygens (including phenoxy) is 1. The molecule has 1 aromatic rings. The molecule has 15 heavy (non-hydrogen) atoms. The summed E-state index contributed by atoms with van der Waals surface area (Å²) in [5, 5.41) is 0. The summed E-state index contributed by atoms with van der Waals surface area (Å²) in [4.78, 5) is 15.7. The van der Waals surface area contributed by atoms with E-state index in [4.69, 9.17) is 10.5 Å². The van der Waals surface area contributed by atoms with Gasteiger partial charge in [-0.1, -0.05) is 30.3 Å². The normalized spacial score (nSPS) is 24.5. The molecule has 1 aliphatic heterocycles. The van der Waals surface area contributed by atoms with Gasteiger partial charge >= 0.3 is 0 Å². The molecule has 2 N–H and O–H groups in total. The molecule has 1 heterocycles. The van der Waals surface area contributed by atoms with E-state index in [1.807, 2.05) is 30.3 Å². The zero-order chi connectivity index (χ0) is 10.9. The van der Waals surface area contributed by atoms with Crippen molar-refractivity contribution in [2.24, 2.45) is 10.7 Å². The summed E-state index contributed by atoms with van der Waals surface area (Å²) in [6, 6.07) is 9.24. The Labute approximate surface area is 87.8 Å². The number of amides is 1. The minimum Gasteiger partial charge on any atom is -0.478 e. The lowest BCUT2D eigenvalue weighted by molar-refractivity contribution is -0.123. The van der Waals surface area contributed by atoms with Gasteiger partial charge in [0.1, 0.15) is 6.61 Å². The van der Waals surface area contributed by atoms with E-state index in [0.717, 1.165) is 5.56 Å². The summed E-state index contributed by atoms with van der Waals surface area (Å²) in [7, 11) is 0. The Balaban J connectivity index is 2.50. The topological polar surface area (TPSA) is 64.7 Å². The fourth-order valence-electron chi connectivity index (χ4n) is 1.67. The highest BCUT2D eigenvalue weighted by Crippen LogP contribution is 2.30. The monoisotopic (exact) mass is 204 g/mol. The number of hydrogen-bond acceptors (Lipinski definition) is 3. The smallest absolute Gasteiger partial charge is 0.253 e. The zero-order valence-electron chi connectivity index (χ0n) is 8.43. The predicted octanol–water partition coefficient (Wildman–Crippen LogP) is 0.816. The zero-order valence-corrected chi connectivity index (χ0v) is 8.43. The van der Waals surface area contributed by atoms with E-state index in [9.17, 15) is 4.79 Å². The first kappa shape index (κ1) is 9.71. The second-order valence-corrected chi connectivity index (χ2v) is 3.51. The Morgan fingerprint density at radius 3 is 2.60 bits per heavy atom. The Morgan fingerprint density at radius 2 is 2.13 bits per heavy atom. The largest absolute Gasteiger partial charge is 0.478 e. The maximum Gasteiger partial charge on any atom is 0.253 e. The first-order chi connectivity index (χ1) is 7.15. The van der Waals surface area contributed by atoms with E-state index in [1.165, 1.54) is 0 Å². The second-order valence-electron chi connectivity index (χ2n) is 3.51. The van der Waals surface area contributed by atoms with Gasteiger partial charge in [-0.15, -0.1) is 0 Å². The quantitative estimate of drug-likeness (QED) is 0.775. The van der Waals surface area contributed by atoms with Gasteiger partial charge in [0.25, 0.3) is 5.91 Å². The van der Waals surface area contributed by atoms with E-state index in [2.05, 4.69) is 4.99 Å². The van der Waals surface area contributed by atoms with Gasteiger partial charge in [-0.05, 0) is 5.56 Å². The van der Waals surface area contributed by atoms with Gasteiger partial charge in [0.05, 0.1) is 0 Å². The first-order valence-corrected chi connectivity index (χ1v) is 4.70. The van der Waals surface area contributed by atoms with Crippen LogP contribution in [0.4, 0.5) is 0 Å². The van der Waals surface area contributed by atoms with Crippen LogP contribution >= 0.6 is 0 Å². The second kappa shape index (κ2) is 3.38. The SMILES string of the molecule is CC1=NC(C(N)=O)(c2ccccc2)CO1. The third-order valence-electron chi connectivity index (χ3n) is 2.50. The van der Waals surface area contributed by atoms with Crippen LogP contribution in [-0.4, -0.2) is 18.4 Å². The van der Waals surface area contributed by atoms with Crippen LogP contribution in [-0.2, 0) is 15.1 Å². The molecule has 4 heteroatoms. The van der Waals surface area contributed by atoms with Crippen molar-refractivity contribution < 1.29 is 9.53 Å². The number of primary amides is 1. The molecular formula is C11H12N2O2. The molecule has 0 aliphatic carbocycles. The third kappa shape index (κ3) is 1.48. The predicted molar refractivity (Wildman–Crippen MR) is 56.4 cm³/mol. The minimum absolute atomic E-state index is 0.193. The number of rotatable bonds is 2. The molecule has 0 saturated carbocycles. The average molecular weight is 204 g/mol. The molecule has 1 amide bonds. The van der Waals surface area contributed by atoms with Crippen molar-refractivity contribution in [1.82, 2.24) is 0 Å². The van der Waals surface area contributed by atoms with E-state index < -0.39 is 11.4 Å². The van der Waals surface area contributed by atoms with Gasteiger partial charge in [0.2, 0.25) is 5.54 Å². The highest BCUT2D eigenvalue weighted by molar-refractivity contribution is 5.91. The van der Waals surface area contributed by atoms with Crippen LogP contribution in [0.1, 0.15) is 12.5 Å². The lowest BCUT2D eigenvalue weighted by atomic mass is 9.91. The van der Waals surface area contributed by atoms with Crippen molar-refractivity contribution in [1.29, 1.82) is 0 Å². The Morgan fingerprint density at radius 1 is 1.47 bits per heavy atom. The van der Waals surface area contributed by atoms with E-state index in [1.54, 1.807) is 6.92 Å². The molecule has 2 rings (SSSR count). The first-order valence-electron chi connectivity index (χ1n) is 4.70. The van der Waals surface area contributed by atoms with Gasteiger partial charge < -0.3 is 10.5 Å². The maximum absolute atomic E-state index is 11.5. The standard InChI is InChI=1S/C11H12N2O2/c1-8-13-11(7-15-8,10(12)14)9-5-3-2-4-6-9/h2-6H,7H2,1H3,(H2,12,14). The molecule has 0 radical (unpaired) electrons. The summed E-state index contributed by atoms with van der Waals surface area (Å²) in [5.41, 5.74) is 5.14. The van der Waals surface area contributed by atoms with Crippen LogP contribution in [0, 0.1) is 0 Å². The molecule has 1 atom stereocenters. The van der Waals surface area contributed by atoms with Crippen molar-refractivity contribution in [3.05, 3.63) is 35.9 Å². The third-order valence-corrected chi connectivity index (χ3v) is 2.50. The summed E-state index contributed by atoms with van der Waals surface area (Å²) < 4.78 is 5.23. The summed E-state index contributed by atoms with van der Waals surface area (Å²) >= 11 is 0. The number of nitrogens with two attached hydrogens (primary N) is 1. The van der Waals surface area contributed by atoms with Crippen molar-refractivity contribution in [2.45, 2.75) is 12.5 Å². The molecule has 1 aliphatic rings. The molecule has 0 fully saturated rings. The van der Waals surface area contributed by atoms with E-state index in [0.29, 0.717) is 5.90 Å². The highest BCUT2D eigenvalue weighted by atomic mass is 16.5. The van der Waals surface area contributed by atoms with Crippen molar-refractivity contribution >= 4 is 11.8 Å². The van der Waals surface area contributed by atoms with Crippen molar-refractivity contribution in [2.75, 3.05) is 6.61 Å². The van der Waals surface area contributed by atoms with Crippen molar-refractivity contribution in [3.8, 4) is 0 Å². The molecule has 0 spiro atoms. The summed E-state index contributed by atoms with van der Waals surface area (Å²) in [6.45, 7) is 1.91. The van der Waals surface area contributed by atoms with Crippen LogP contribution in [0.2, 0.25) is 0 Å². The van der Waals surface area contributed by atoms with Crippen LogP contribution in [0.5, 0.6) is 0 Å². The fraction of sp³-hybridized carbons (Fsp3) is 0.273. The molecule has 0 aromatic heterocycles. The minimum atomic E-state index is -1.04. The lowest BCUT2D eigenvalue weighted by Gasteiger charge is -2.20. The van der Waals surface area contributed by atoms with Gasteiger partial charge in [-0.2, -0.15) is 0 Å². The van der Waals surface area contributed by atoms with Gasteiger partial charge in [-0.3, -0.25) is 4.79 Å². The van der Waals surface area contributed by atoms with Gasteiger partial charge in [-0.25, -0.2) is 4.99 Å². The number of benzene rings is 1. The van der Waals surface area contributed by atoms with Crippen molar-refractivity contribution in [3.63, 3.8) is 0 Å². The summed E-state index contributed by atoms with van der Waals surface area (Å²) in [5.74, 6) is 0.0169. The average Bonchev–Trinajstić information content (AvgIpc) is 2.63. The molecule has 78 valence electrons. The number of carbonyl (C=O) groups excluding carboxylic acids is 1. The van der Waals surface area contributed by atoms with E-state index >= 15 is 0 Å². The highest BCUT2D eigenvalue weighted by Gasteiger charge is 2.43. The fourth-order valence-corrected chi connectivity index (χ4v) is 1.67. The molecule has 1 unspecified atom stereocenters. The van der Waals surface area contributed by atoms with Crippen LogP contribution in [0.25, 0.3) is 0 Å². The maximum atomic E-state index is 11.5. The van der Waals surface area contributed by atoms with E-state index in [-0.39, 0.29) is 6.61 Å². The van der Waals surface area contributed by atoms with Gasteiger partial charge in [0.15, 0.2) is 5.90 Å². The van der Waals surface area contributed by atoms with Crippen LogP contribution in [0.3, 0.4) is 0 Å². The van der Waals surface area contributed by atoms with Crippen LogP contribution < -0.4 is 5.73 Å². The Bertz CT molecular complexity index is 414. The summed E-state index contributed by atoms with van der Waals surface area (Å²) in [6.07, 6.45) is 0. The molecule has 4 nitrogen and oxygen atoms in total. The number of carbonyl (C=O) groups is 1. The van der Waals surface area contributed by atoms with Gasteiger partial charge in [0, 0.05) is 6.92 Å².